The van der Waals surface area contributed by atoms with E-state index in [1.165, 1.54) is 103 Å². The Bertz CT molecular complexity index is 3220. The molecule has 1 N–H and O–H groups in total. The number of fused-ring (bicyclic) bond motifs is 13. The summed E-state index contributed by atoms with van der Waals surface area (Å²) in [4.78, 5) is 0. The fourth-order valence-corrected chi connectivity index (χ4v) is 10.9. The Balaban J connectivity index is 1.13. The van der Waals surface area contributed by atoms with Gasteiger partial charge in [0.15, 0.2) is 7.28 Å². The number of benzene rings is 8. The van der Waals surface area contributed by atoms with E-state index in [-0.39, 0.29) is 5.41 Å². The van der Waals surface area contributed by atoms with E-state index in [2.05, 4.69) is 175 Å². The van der Waals surface area contributed by atoms with E-state index in [9.17, 15) is 0 Å². The highest BCUT2D eigenvalue weighted by atomic mass is 32.1. The number of nitrogens with one attached hydrogen (secondary N) is 1. The molecule has 12 rings (SSSR count). The van der Waals surface area contributed by atoms with Crippen molar-refractivity contribution in [2.75, 3.05) is 5.32 Å². The lowest BCUT2D eigenvalue weighted by Gasteiger charge is -2.26. The summed E-state index contributed by atoms with van der Waals surface area (Å²) in [6.45, 7) is 4.71. The average Bonchev–Trinajstić information content (AvgIpc) is 3.80. The lowest BCUT2D eigenvalue weighted by Crippen LogP contribution is -2.37. The van der Waals surface area contributed by atoms with Crippen molar-refractivity contribution >= 4 is 93.7 Å². The highest BCUT2D eigenvalue weighted by Crippen LogP contribution is 2.50. The van der Waals surface area contributed by atoms with Crippen LogP contribution in [0.1, 0.15) is 25.0 Å². The van der Waals surface area contributed by atoms with Crippen molar-refractivity contribution in [3.8, 4) is 27.9 Å². The fourth-order valence-electron chi connectivity index (χ4n) is 9.69. The molecule has 1 aliphatic carbocycles. The third kappa shape index (κ3) is 3.99. The van der Waals surface area contributed by atoms with Crippen LogP contribution >= 0.6 is 11.3 Å². The van der Waals surface area contributed by atoms with Crippen LogP contribution in [-0.2, 0) is 5.41 Å². The highest BCUT2D eigenvalue weighted by Gasteiger charge is 2.35. The molecule has 0 saturated carbocycles. The van der Waals surface area contributed by atoms with Crippen molar-refractivity contribution in [1.82, 2.24) is 4.57 Å². The molecule has 0 bridgehead atoms. The number of nitrogens with zero attached hydrogens (tertiary/aromatic N) is 1. The molecule has 248 valence electrons. The molecule has 10 aromatic rings. The minimum atomic E-state index is -0.0695. The summed E-state index contributed by atoms with van der Waals surface area (Å²) >= 11 is 1.92. The number of para-hydroxylation sites is 1. The van der Waals surface area contributed by atoms with Gasteiger partial charge in [0.2, 0.25) is 0 Å². The van der Waals surface area contributed by atoms with Crippen LogP contribution in [0.4, 0.5) is 11.4 Å². The van der Waals surface area contributed by atoms with Crippen molar-refractivity contribution in [3.05, 3.63) is 163 Å². The van der Waals surface area contributed by atoms with Crippen LogP contribution < -0.4 is 16.2 Å². The minimum absolute atomic E-state index is 0.0695. The molecule has 2 aliphatic rings. The molecule has 0 unspecified atom stereocenters. The van der Waals surface area contributed by atoms with Crippen LogP contribution in [0, 0.1) is 0 Å². The molecular weight excluding hydrogens is 659 g/mol. The first-order valence-electron chi connectivity index (χ1n) is 18.6. The zero-order chi connectivity index (χ0) is 35.0. The molecule has 1 aliphatic heterocycles. The number of anilines is 2. The minimum Gasteiger partial charge on any atom is -0.355 e. The molecular formula is C49H33BN2S. The van der Waals surface area contributed by atoms with Crippen LogP contribution in [0.25, 0.3) is 80.7 Å². The summed E-state index contributed by atoms with van der Waals surface area (Å²) in [5, 5.41) is 11.7. The van der Waals surface area contributed by atoms with E-state index in [1.54, 1.807) is 0 Å². The number of rotatable bonds is 3. The van der Waals surface area contributed by atoms with Gasteiger partial charge in [-0.1, -0.05) is 135 Å². The Hall–Kier alpha value is -6.10. The van der Waals surface area contributed by atoms with Gasteiger partial charge >= 0.3 is 0 Å². The second-order valence-electron chi connectivity index (χ2n) is 15.4. The largest absolute Gasteiger partial charge is 0.355 e. The summed E-state index contributed by atoms with van der Waals surface area (Å²) < 4.78 is 5.33. The number of hydrogen-bond donors (Lipinski definition) is 1. The summed E-state index contributed by atoms with van der Waals surface area (Å²) in [6, 6.07) is 56.7. The molecule has 3 heterocycles. The van der Waals surface area contributed by atoms with Crippen LogP contribution in [0.15, 0.2) is 152 Å². The van der Waals surface area contributed by atoms with E-state index in [1.807, 2.05) is 11.3 Å². The Morgan fingerprint density at radius 2 is 1.25 bits per heavy atom. The van der Waals surface area contributed by atoms with E-state index < -0.39 is 0 Å². The Labute approximate surface area is 312 Å². The molecule has 2 nitrogen and oxygen atoms in total. The predicted molar refractivity (Wildman–Crippen MR) is 230 cm³/mol. The first-order chi connectivity index (χ1) is 26.0. The molecule has 4 heteroatoms. The molecule has 0 amide bonds. The van der Waals surface area contributed by atoms with E-state index in [0.717, 1.165) is 18.7 Å². The topological polar surface area (TPSA) is 17.0 Å². The Morgan fingerprint density at radius 1 is 0.547 bits per heavy atom. The highest BCUT2D eigenvalue weighted by molar-refractivity contribution is 7.26. The standard InChI is InChI=1S/C49H33BN2S/c1-49(2)39-19-9-7-16-33(39)34-23-22-31(27-40(34)49)51-42-26-29-13-4-3-12-28(29)24-37(42)38-25-30-14-5-6-15-32(30)46-44(38)50-41-20-11-18-36-45(41)52(46)47-35-17-8-10-21-43(35)53-48(36)47/h3-27,50-51H,1-2H3. The average molecular weight is 693 g/mol. The van der Waals surface area contributed by atoms with Crippen molar-refractivity contribution in [3.63, 3.8) is 0 Å². The fraction of sp³-hybridized carbons (Fsp3) is 0.0612. The second kappa shape index (κ2) is 10.5. The Morgan fingerprint density at radius 3 is 2.13 bits per heavy atom. The van der Waals surface area contributed by atoms with Gasteiger partial charge in [0.25, 0.3) is 0 Å². The molecule has 8 aromatic carbocycles. The molecule has 0 atom stereocenters. The molecule has 0 radical (unpaired) electrons. The quantitative estimate of drug-likeness (QED) is 0.182. The zero-order valence-corrected chi connectivity index (χ0v) is 30.3. The summed E-state index contributed by atoms with van der Waals surface area (Å²) in [6.07, 6.45) is 0. The smallest absolute Gasteiger partial charge is 0.198 e. The summed E-state index contributed by atoms with van der Waals surface area (Å²) in [5.74, 6) is 0. The molecule has 0 saturated heterocycles. The van der Waals surface area contributed by atoms with Gasteiger partial charge in [0, 0.05) is 54.4 Å². The number of thiophene rings is 1. The van der Waals surface area contributed by atoms with Crippen molar-refractivity contribution in [2.24, 2.45) is 0 Å². The van der Waals surface area contributed by atoms with Gasteiger partial charge in [-0.25, -0.2) is 0 Å². The number of aromatic nitrogens is 1. The van der Waals surface area contributed by atoms with Crippen molar-refractivity contribution in [2.45, 2.75) is 19.3 Å². The molecule has 0 spiro atoms. The maximum atomic E-state index is 3.99. The summed E-state index contributed by atoms with van der Waals surface area (Å²) in [5.41, 5.74) is 16.9. The first kappa shape index (κ1) is 29.5. The van der Waals surface area contributed by atoms with Crippen molar-refractivity contribution in [1.29, 1.82) is 0 Å². The third-order valence-electron chi connectivity index (χ3n) is 12.1. The monoisotopic (exact) mass is 692 g/mol. The van der Waals surface area contributed by atoms with Gasteiger partial charge in [0.1, 0.15) is 0 Å². The van der Waals surface area contributed by atoms with Crippen LogP contribution in [0.5, 0.6) is 0 Å². The van der Waals surface area contributed by atoms with Gasteiger partial charge < -0.3 is 9.88 Å². The normalized spacial score (nSPS) is 13.8. The molecule has 53 heavy (non-hydrogen) atoms. The lowest BCUT2D eigenvalue weighted by atomic mass is 9.58. The van der Waals surface area contributed by atoms with Crippen LogP contribution in [0.2, 0.25) is 0 Å². The molecule has 0 fully saturated rings. The van der Waals surface area contributed by atoms with E-state index >= 15 is 0 Å². The maximum Gasteiger partial charge on any atom is 0.198 e. The zero-order valence-electron chi connectivity index (χ0n) is 29.5. The van der Waals surface area contributed by atoms with Crippen LogP contribution in [-0.4, -0.2) is 11.8 Å². The second-order valence-corrected chi connectivity index (χ2v) is 16.4. The van der Waals surface area contributed by atoms with Gasteiger partial charge in [-0.3, -0.25) is 0 Å². The predicted octanol–water partition coefficient (Wildman–Crippen LogP) is 11.7. The SMILES string of the molecule is CC1(C)c2ccccc2-c2ccc(Nc3cc4ccccc4cc3-c3cc4ccccc4c4c3Bc3cccc5c6sc7ccccc7c6n-4c35)cc21. The van der Waals surface area contributed by atoms with Crippen molar-refractivity contribution < 1.29 is 0 Å². The lowest BCUT2D eigenvalue weighted by molar-refractivity contribution is 0.660. The van der Waals surface area contributed by atoms with Gasteiger partial charge in [-0.2, -0.15) is 0 Å². The first-order valence-corrected chi connectivity index (χ1v) is 19.4. The maximum absolute atomic E-state index is 3.99. The number of hydrogen-bond acceptors (Lipinski definition) is 2. The Kier molecular flexibility index (Phi) is 5.84. The van der Waals surface area contributed by atoms with Crippen LogP contribution in [0.3, 0.4) is 0 Å². The van der Waals surface area contributed by atoms with E-state index in [0.29, 0.717) is 0 Å². The molecule has 2 aromatic heterocycles. The van der Waals surface area contributed by atoms with Gasteiger partial charge in [-0.05, 0) is 85.8 Å². The summed E-state index contributed by atoms with van der Waals surface area (Å²) in [7, 11) is 0.875. The third-order valence-corrected chi connectivity index (χ3v) is 13.3. The van der Waals surface area contributed by atoms with Gasteiger partial charge in [0.05, 0.1) is 10.2 Å². The van der Waals surface area contributed by atoms with E-state index in [4.69, 9.17) is 0 Å². The van der Waals surface area contributed by atoms with Gasteiger partial charge in [-0.15, -0.1) is 11.3 Å².